The van der Waals surface area contributed by atoms with Crippen molar-refractivity contribution in [1.82, 2.24) is 25.4 Å². The second kappa shape index (κ2) is 9.75. The van der Waals surface area contributed by atoms with Crippen LogP contribution in [0.25, 0.3) is 0 Å². The minimum absolute atomic E-state index is 0.446. The molecule has 1 aromatic rings. The maximum atomic E-state index is 6.01. The molecular formula is C18H32N6O. The summed E-state index contributed by atoms with van der Waals surface area (Å²) in [6.07, 6.45) is 11.7. The van der Waals surface area contributed by atoms with Crippen LogP contribution in [0.1, 0.15) is 63.0 Å². The lowest BCUT2D eigenvalue weighted by molar-refractivity contribution is 0.0468. The number of aliphatic imine (C=N–C) groups is 1. The van der Waals surface area contributed by atoms with Gasteiger partial charge in [0, 0.05) is 26.6 Å². The number of aryl methyl sites for hydroxylation is 1. The smallest absolute Gasteiger partial charge is 0.191 e. The lowest BCUT2D eigenvalue weighted by Crippen LogP contribution is -2.39. The Kier molecular flexibility index (Phi) is 7.09. The fraction of sp³-hybridized carbons (Fsp3) is 0.833. The Morgan fingerprint density at radius 3 is 2.76 bits per heavy atom. The number of guanidine groups is 1. The predicted molar refractivity (Wildman–Crippen MR) is 98.6 cm³/mol. The van der Waals surface area contributed by atoms with E-state index in [2.05, 4.69) is 30.4 Å². The first-order chi connectivity index (χ1) is 12.4. The van der Waals surface area contributed by atoms with Crippen molar-refractivity contribution in [3.8, 4) is 0 Å². The molecule has 2 aliphatic rings. The molecule has 0 spiro atoms. The van der Waals surface area contributed by atoms with Gasteiger partial charge in [-0.1, -0.05) is 25.7 Å². The van der Waals surface area contributed by atoms with E-state index in [9.17, 15) is 0 Å². The van der Waals surface area contributed by atoms with Crippen LogP contribution in [0.2, 0.25) is 0 Å². The molecule has 1 aliphatic carbocycles. The summed E-state index contributed by atoms with van der Waals surface area (Å²) < 4.78 is 8.25. The predicted octanol–water partition coefficient (Wildman–Crippen LogP) is 2.02. The van der Waals surface area contributed by atoms with Gasteiger partial charge in [0.1, 0.15) is 5.82 Å². The van der Waals surface area contributed by atoms with E-state index in [1.54, 1.807) is 7.05 Å². The number of fused-ring (bicyclic) bond motifs is 1. The Morgan fingerprint density at radius 2 is 1.96 bits per heavy atom. The maximum absolute atomic E-state index is 6.01. The lowest BCUT2D eigenvalue weighted by atomic mass is 10.1. The number of ether oxygens (including phenoxy) is 1. The summed E-state index contributed by atoms with van der Waals surface area (Å²) >= 11 is 0. The molecule has 3 rings (SSSR count). The van der Waals surface area contributed by atoms with Crippen LogP contribution in [-0.4, -0.2) is 47.0 Å². The molecule has 0 saturated heterocycles. The number of aromatic nitrogens is 3. The number of hydrogen-bond acceptors (Lipinski definition) is 4. The molecule has 7 nitrogen and oxygen atoms in total. The summed E-state index contributed by atoms with van der Waals surface area (Å²) in [5.74, 6) is 2.90. The monoisotopic (exact) mass is 348 g/mol. The van der Waals surface area contributed by atoms with Crippen molar-refractivity contribution in [3.63, 3.8) is 0 Å². The van der Waals surface area contributed by atoms with E-state index in [0.717, 1.165) is 43.7 Å². The van der Waals surface area contributed by atoms with Gasteiger partial charge in [0.25, 0.3) is 0 Å². The Hall–Kier alpha value is -1.63. The van der Waals surface area contributed by atoms with E-state index in [-0.39, 0.29) is 0 Å². The highest BCUT2D eigenvalue weighted by molar-refractivity contribution is 5.79. The molecule has 2 heterocycles. The zero-order valence-corrected chi connectivity index (χ0v) is 15.5. The van der Waals surface area contributed by atoms with Gasteiger partial charge in [-0.15, -0.1) is 10.2 Å². The lowest BCUT2D eigenvalue weighted by Gasteiger charge is -2.17. The number of rotatable bonds is 6. The van der Waals surface area contributed by atoms with Crippen molar-refractivity contribution in [2.24, 2.45) is 4.99 Å². The van der Waals surface area contributed by atoms with Crippen LogP contribution in [-0.2, 0) is 24.2 Å². The van der Waals surface area contributed by atoms with Gasteiger partial charge < -0.3 is 19.9 Å². The largest absolute Gasteiger partial charge is 0.376 e. The van der Waals surface area contributed by atoms with Crippen molar-refractivity contribution >= 4 is 5.96 Å². The highest BCUT2D eigenvalue weighted by Gasteiger charge is 2.16. The molecule has 2 N–H and O–H groups in total. The molecule has 1 aliphatic heterocycles. The standard InChI is InChI=1S/C18H32N6O/c1-19-18(20-11-13-25-15-8-4-2-3-5-9-15)21-14-17-23-22-16-10-6-7-12-24(16)17/h15H,2-14H2,1H3,(H2,19,20,21). The highest BCUT2D eigenvalue weighted by atomic mass is 16.5. The summed E-state index contributed by atoms with van der Waals surface area (Å²) in [7, 11) is 1.79. The molecule has 0 atom stereocenters. The van der Waals surface area contributed by atoms with Crippen LogP contribution >= 0.6 is 0 Å². The first kappa shape index (κ1) is 18.2. The fourth-order valence-electron chi connectivity index (χ4n) is 3.69. The van der Waals surface area contributed by atoms with Crippen LogP contribution < -0.4 is 10.6 Å². The van der Waals surface area contributed by atoms with Crippen molar-refractivity contribution in [3.05, 3.63) is 11.6 Å². The van der Waals surface area contributed by atoms with Crippen molar-refractivity contribution in [1.29, 1.82) is 0 Å². The highest BCUT2D eigenvalue weighted by Crippen LogP contribution is 2.19. The minimum Gasteiger partial charge on any atom is -0.376 e. The van der Waals surface area contributed by atoms with E-state index in [1.165, 1.54) is 51.4 Å². The quantitative estimate of drug-likeness (QED) is 0.356. The zero-order chi connectivity index (χ0) is 17.3. The summed E-state index contributed by atoms with van der Waals surface area (Å²) in [6.45, 7) is 3.18. The molecule has 0 aromatic carbocycles. The summed E-state index contributed by atoms with van der Waals surface area (Å²) in [4.78, 5) is 4.28. The first-order valence-corrected chi connectivity index (χ1v) is 9.84. The molecule has 140 valence electrons. The zero-order valence-electron chi connectivity index (χ0n) is 15.5. The third kappa shape index (κ3) is 5.42. The molecule has 25 heavy (non-hydrogen) atoms. The van der Waals surface area contributed by atoms with Gasteiger partial charge in [0.05, 0.1) is 19.3 Å². The summed E-state index contributed by atoms with van der Waals surface area (Å²) in [5, 5.41) is 15.3. The van der Waals surface area contributed by atoms with Gasteiger partial charge in [-0.05, 0) is 25.7 Å². The second-order valence-corrected chi connectivity index (χ2v) is 6.98. The van der Waals surface area contributed by atoms with E-state index in [0.29, 0.717) is 12.6 Å². The molecule has 1 aromatic heterocycles. The molecular weight excluding hydrogens is 316 g/mol. The van der Waals surface area contributed by atoms with Crippen molar-refractivity contribution < 1.29 is 4.74 Å². The molecule has 0 unspecified atom stereocenters. The van der Waals surface area contributed by atoms with Crippen LogP contribution in [0.5, 0.6) is 0 Å². The Balaban J connectivity index is 1.36. The molecule has 7 heteroatoms. The van der Waals surface area contributed by atoms with Crippen LogP contribution in [0.15, 0.2) is 4.99 Å². The molecule has 0 amide bonds. The van der Waals surface area contributed by atoms with Gasteiger partial charge in [0.15, 0.2) is 11.8 Å². The van der Waals surface area contributed by atoms with Gasteiger partial charge in [-0.3, -0.25) is 4.99 Å². The van der Waals surface area contributed by atoms with Crippen LogP contribution in [0, 0.1) is 0 Å². The Labute approximate surface area is 150 Å². The number of nitrogens with one attached hydrogen (secondary N) is 2. The van der Waals surface area contributed by atoms with Gasteiger partial charge >= 0.3 is 0 Å². The Bertz CT molecular complexity index is 548. The second-order valence-electron chi connectivity index (χ2n) is 6.98. The minimum atomic E-state index is 0.446. The molecule has 1 saturated carbocycles. The van der Waals surface area contributed by atoms with Crippen LogP contribution in [0.3, 0.4) is 0 Å². The number of nitrogens with zero attached hydrogens (tertiary/aromatic N) is 4. The number of hydrogen-bond donors (Lipinski definition) is 2. The summed E-state index contributed by atoms with van der Waals surface area (Å²) in [6, 6.07) is 0. The van der Waals surface area contributed by atoms with Gasteiger partial charge in [-0.25, -0.2) is 0 Å². The van der Waals surface area contributed by atoms with E-state index in [4.69, 9.17) is 4.74 Å². The average molecular weight is 348 g/mol. The third-order valence-corrected chi connectivity index (χ3v) is 5.12. The normalized spacial score (nSPS) is 19.3. The van der Waals surface area contributed by atoms with Crippen molar-refractivity contribution in [2.75, 3.05) is 20.2 Å². The van der Waals surface area contributed by atoms with E-state index in [1.807, 2.05) is 0 Å². The maximum Gasteiger partial charge on any atom is 0.191 e. The summed E-state index contributed by atoms with van der Waals surface area (Å²) in [5.41, 5.74) is 0. The van der Waals surface area contributed by atoms with Crippen molar-refractivity contribution in [2.45, 2.75) is 77.0 Å². The van der Waals surface area contributed by atoms with E-state index >= 15 is 0 Å². The molecule has 1 fully saturated rings. The first-order valence-electron chi connectivity index (χ1n) is 9.84. The van der Waals surface area contributed by atoms with Crippen LogP contribution in [0.4, 0.5) is 0 Å². The van der Waals surface area contributed by atoms with Gasteiger partial charge in [-0.2, -0.15) is 0 Å². The topological polar surface area (TPSA) is 76.4 Å². The average Bonchev–Trinajstić information content (AvgIpc) is 2.87. The Morgan fingerprint density at radius 1 is 1.12 bits per heavy atom. The van der Waals surface area contributed by atoms with Gasteiger partial charge in [0.2, 0.25) is 0 Å². The fourth-order valence-corrected chi connectivity index (χ4v) is 3.69. The third-order valence-electron chi connectivity index (χ3n) is 5.12. The SMILES string of the molecule is CN=C(NCCOC1CCCCCC1)NCc1nnc2n1CCCC2. The molecule has 0 radical (unpaired) electrons. The van der Waals surface area contributed by atoms with E-state index < -0.39 is 0 Å². The molecule has 0 bridgehead atoms.